The fourth-order valence-corrected chi connectivity index (χ4v) is 3.26. The maximum Gasteiger partial charge on any atom is 0.298 e. The molecule has 0 fully saturated rings. The summed E-state index contributed by atoms with van der Waals surface area (Å²) in [5.41, 5.74) is 4.60. The van der Waals surface area contributed by atoms with Crippen LogP contribution in [0.3, 0.4) is 0 Å². The summed E-state index contributed by atoms with van der Waals surface area (Å²) in [4.78, 5) is 24.3. The van der Waals surface area contributed by atoms with E-state index in [1.807, 2.05) is 32.9 Å². The van der Waals surface area contributed by atoms with E-state index in [-0.39, 0.29) is 0 Å². The van der Waals surface area contributed by atoms with Gasteiger partial charge in [0, 0.05) is 11.1 Å². The molecule has 3 aromatic rings. The Balaban J connectivity index is 1.75. The highest BCUT2D eigenvalue weighted by molar-refractivity contribution is 7.18. The molecule has 0 bridgehead atoms. The number of aromatic nitrogens is 2. The highest BCUT2D eigenvalue weighted by atomic mass is 32.1. The molecule has 0 aliphatic rings. The van der Waals surface area contributed by atoms with Crippen LogP contribution in [0.4, 0.5) is 5.13 Å². The molecule has 0 radical (unpaired) electrons. The quantitative estimate of drug-likeness (QED) is 0.570. The van der Waals surface area contributed by atoms with Gasteiger partial charge < -0.3 is 0 Å². The van der Waals surface area contributed by atoms with Crippen molar-refractivity contribution in [3.05, 3.63) is 64.7 Å². The molecular formula is C19H17N3O2S. The lowest BCUT2D eigenvalue weighted by Crippen LogP contribution is -2.22. The highest BCUT2D eigenvalue weighted by Gasteiger charge is 2.18. The van der Waals surface area contributed by atoms with Crippen molar-refractivity contribution >= 4 is 28.2 Å². The van der Waals surface area contributed by atoms with Gasteiger partial charge in [-0.05, 0) is 26.3 Å². The number of hydrogen-bond acceptors (Lipinski definition) is 5. The summed E-state index contributed by atoms with van der Waals surface area (Å²) in [6.45, 7) is 5.95. The molecule has 0 saturated carbocycles. The van der Waals surface area contributed by atoms with Gasteiger partial charge in [0.05, 0.1) is 0 Å². The molecule has 0 atom stereocenters. The van der Waals surface area contributed by atoms with Gasteiger partial charge in [0.15, 0.2) is 0 Å². The molecule has 5 nitrogen and oxygen atoms in total. The Labute approximate surface area is 149 Å². The maximum atomic E-state index is 12.2. The number of Topliss-reactive ketones (excluding diaryl/α,β-unsaturated/α-hetero) is 1. The number of nitrogens with one attached hydrogen (secondary N) is 1. The molecule has 6 heteroatoms. The summed E-state index contributed by atoms with van der Waals surface area (Å²) in [7, 11) is 0. The van der Waals surface area contributed by atoms with E-state index >= 15 is 0 Å². The van der Waals surface area contributed by atoms with Crippen molar-refractivity contribution in [1.29, 1.82) is 0 Å². The van der Waals surface area contributed by atoms with Crippen LogP contribution < -0.4 is 5.32 Å². The first kappa shape index (κ1) is 17.0. The summed E-state index contributed by atoms with van der Waals surface area (Å²) in [6, 6.07) is 12.9. The first-order valence-corrected chi connectivity index (χ1v) is 8.59. The van der Waals surface area contributed by atoms with Crippen molar-refractivity contribution in [2.24, 2.45) is 0 Å². The average molecular weight is 351 g/mol. The summed E-state index contributed by atoms with van der Waals surface area (Å²) in [5, 5.41) is 11.6. The smallest absolute Gasteiger partial charge is 0.293 e. The highest BCUT2D eigenvalue weighted by Crippen LogP contribution is 2.29. The maximum absolute atomic E-state index is 12.2. The Morgan fingerprint density at radius 2 is 1.60 bits per heavy atom. The van der Waals surface area contributed by atoms with Gasteiger partial charge in [-0.25, -0.2) is 0 Å². The van der Waals surface area contributed by atoms with Crippen LogP contribution in [0.5, 0.6) is 0 Å². The standard InChI is InChI=1S/C19H17N3O2S/c1-11-4-7-14(8-5-11)16(23)17(24)20-19-22-21-18(25-19)15-9-6-12(2)10-13(15)3/h4-10H,1-3H3,(H,20,22,24). The predicted molar refractivity (Wildman–Crippen MR) is 99.0 cm³/mol. The predicted octanol–water partition coefficient (Wildman–Crippen LogP) is 3.95. The monoisotopic (exact) mass is 351 g/mol. The van der Waals surface area contributed by atoms with Gasteiger partial charge in [-0.15, -0.1) is 10.2 Å². The number of nitrogens with zero attached hydrogens (tertiary/aromatic N) is 2. The van der Waals surface area contributed by atoms with Gasteiger partial charge in [0.25, 0.3) is 11.7 Å². The van der Waals surface area contributed by atoms with E-state index in [9.17, 15) is 9.59 Å². The Hall–Kier alpha value is -2.86. The van der Waals surface area contributed by atoms with Crippen LogP contribution in [-0.4, -0.2) is 21.9 Å². The molecule has 2 aromatic carbocycles. The van der Waals surface area contributed by atoms with Crippen molar-refractivity contribution in [3.63, 3.8) is 0 Å². The van der Waals surface area contributed by atoms with Crippen LogP contribution >= 0.6 is 11.3 Å². The van der Waals surface area contributed by atoms with Gasteiger partial charge in [-0.3, -0.25) is 14.9 Å². The summed E-state index contributed by atoms with van der Waals surface area (Å²) in [6.07, 6.45) is 0. The fraction of sp³-hybridized carbons (Fsp3) is 0.158. The third-order valence-electron chi connectivity index (χ3n) is 3.78. The number of rotatable bonds is 4. The molecule has 1 amide bonds. The van der Waals surface area contributed by atoms with Crippen LogP contribution in [0.15, 0.2) is 42.5 Å². The van der Waals surface area contributed by atoms with Gasteiger partial charge in [0.2, 0.25) is 5.13 Å². The first-order chi connectivity index (χ1) is 11.9. The summed E-state index contributed by atoms with van der Waals surface area (Å²) >= 11 is 1.24. The Morgan fingerprint density at radius 3 is 2.28 bits per heavy atom. The molecule has 1 heterocycles. The lowest BCUT2D eigenvalue weighted by Gasteiger charge is -2.02. The minimum Gasteiger partial charge on any atom is -0.293 e. The number of aryl methyl sites for hydroxylation is 3. The molecule has 1 aromatic heterocycles. The molecule has 0 aliphatic carbocycles. The number of carbonyl (C=O) groups is 2. The zero-order chi connectivity index (χ0) is 18.0. The molecule has 0 aliphatic heterocycles. The lowest BCUT2D eigenvalue weighted by molar-refractivity contribution is -0.112. The molecule has 1 N–H and O–H groups in total. The molecule has 0 saturated heterocycles. The average Bonchev–Trinajstić information content (AvgIpc) is 3.03. The first-order valence-electron chi connectivity index (χ1n) is 7.77. The minimum atomic E-state index is -0.716. The Morgan fingerprint density at radius 1 is 0.920 bits per heavy atom. The van der Waals surface area contributed by atoms with Gasteiger partial charge in [-0.2, -0.15) is 0 Å². The van der Waals surface area contributed by atoms with E-state index in [4.69, 9.17) is 0 Å². The van der Waals surface area contributed by atoms with Crippen molar-refractivity contribution in [3.8, 4) is 10.6 Å². The topological polar surface area (TPSA) is 72.0 Å². The molecule has 0 spiro atoms. The van der Waals surface area contributed by atoms with E-state index in [1.54, 1.807) is 24.3 Å². The number of anilines is 1. The van der Waals surface area contributed by atoms with E-state index in [2.05, 4.69) is 21.6 Å². The third kappa shape index (κ3) is 3.80. The van der Waals surface area contributed by atoms with Gasteiger partial charge >= 0.3 is 0 Å². The summed E-state index contributed by atoms with van der Waals surface area (Å²) < 4.78 is 0. The Kier molecular flexibility index (Phi) is 4.72. The largest absolute Gasteiger partial charge is 0.298 e. The van der Waals surface area contributed by atoms with E-state index in [1.165, 1.54) is 16.9 Å². The van der Waals surface area contributed by atoms with Crippen LogP contribution in [0.25, 0.3) is 10.6 Å². The zero-order valence-corrected chi connectivity index (χ0v) is 15.0. The number of hydrogen-bond donors (Lipinski definition) is 1. The van der Waals surface area contributed by atoms with Crippen molar-refractivity contribution < 1.29 is 9.59 Å². The molecule has 25 heavy (non-hydrogen) atoms. The number of amides is 1. The van der Waals surface area contributed by atoms with Crippen molar-refractivity contribution in [2.75, 3.05) is 5.32 Å². The van der Waals surface area contributed by atoms with Gasteiger partial charge in [-0.1, -0.05) is 64.9 Å². The lowest BCUT2D eigenvalue weighted by atomic mass is 10.1. The second kappa shape index (κ2) is 6.94. The number of benzene rings is 2. The van der Waals surface area contributed by atoms with Crippen LogP contribution in [0, 0.1) is 20.8 Å². The zero-order valence-electron chi connectivity index (χ0n) is 14.2. The van der Waals surface area contributed by atoms with E-state index in [0.29, 0.717) is 15.7 Å². The summed E-state index contributed by atoms with van der Waals surface area (Å²) in [5.74, 6) is -1.31. The fourth-order valence-electron chi connectivity index (χ4n) is 2.43. The van der Waals surface area contributed by atoms with E-state index in [0.717, 1.165) is 16.7 Å². The molecule has 126 valence electrons. The Bertz CT molecular complexity index is 946. The van der Waals surface area contributed by atoms with Gasteiger partial charge in [0.1, 0.15) is 5.01 Å². The molecule has 3 rings (SSSR count). The second-order valence-corrected chi connectivity index (χ2v) is 6.86. The molecule has 0 unspecified atom stereocenters. The normalized spacial score (nSPS) is 10.5. The SMILES string of the molecule is Cc1ccc(C(=O)C(=O)Nc2nnc(-c3ccc(C)cc3C)s2)cc1. The van der Waals surface area contributed by atoms with Crippen LogP contribution in [0.2, 0.25) is 0 Å². The number of ketones is 1. The third-order valence-corrected chi connectivity index (χ3v) is 4.65. The second-order valence-electron chi connectivity index (χ2n) is 5.88. The van der Waals surface area contributed by atoms with Crippen molar-refractivity contribution in [1.82, 2.24) is 10.2 Å². The number of carbonyl (C=O) groups excluding carboxylic acids is 2. The molecular weight excluding hydrogens is 334 g/mol. The minimum absolute atomic E-state index is 0.306. The van der Waals surface area contributed by atoms with E-state index < -0.39 is 11.7 Å². The van der Waals surface area contributed by atoms with Crippen LogP contribution in [0.1, 0.15) is 27.0 Å². The van der Waals surface area contributed by atoms with Crippen LogP contribution in [-0.2, 0) is 4.79 Å². The van der Waals surface area contributed by atoms with Crippen molar-refractivity contribution in [2.45, 2.75) is 20.8 Å².